The van der Waals surface area contributed by atoms with Crippen LogP contribution in [-0.2, 0) is 71.1 Å². The topological polar surface area (TPSA) is 591 Å². The maximum Gasteiger partial charge on any atom is 0.306 e. The van der Waals surface area contributed by atoms with Crippen LogP contribution in [0.15, 0.2) is 0 Å². The molecule has 21 fully saturated rings. The monoisotopic (exact) mass is 1300 g/mol. The normalized spacial score (nSPS) is 49.6. The van der Waals surface area contributed by atoms with Crippen LogP contribution in [0.5, 0.6) is 0 Å². The van der Waals surface area contributed by atoms with Crippen molar-refractivity contribution in [2.45, 2.75) is 254 Å². The molecule has 0 saturated carbocycles. The Balaban J connectivity index is 0.00000103. The van der Waals surface area contributed by atoms with E-state index in [-0.39, 0.29) is 35.5 Å². The zero-order chi connectivity index (χ0) is 64.0. The molecule has 21 aliphatic rings. The first-order valence-electron chi connectivity index (χ1n) is 28.6. The quantitative estimate of drug-likeness (QED) is 0.0807. The van der Waals surface area contributed by atoms with E-state index < -0.39 is 267 Å². The minimum atomic E-state index is -2.21. The molecule has 35 atom stereocenters. The smallest absolute Gasteiger partial charge is 0.306 e. The summed E-state index contributed by atoms with van der Waals surface area (Å²) in [7, 11) is 0. The number of hydrogen-bond donors (Lipinski definition) is 22. The Kier molecular flexibility index (Phi) is 29.5. The molecule has 1 radical (unpaired) electrons. The van der Waals surface area contributed by atoms with E-state index in [1.807, 2.05) is 13.8 Å². The number of carboxylic acid groups (broad SMARTS) is 1. The van der Waals surface area contributed by atoms with Gasteiger partial charge in [0.05, 0.1) is 52.2 Å². The van der Waals surface area contributed by atoms with Crippen molar-refractivity contribution in [2.24, 2.45) is 5.92 Å². The van der Waals surface area contributed by atoms with E-state index in [4.69, 9.17) is 71.4 Å². The number of aliphatic carboxylic acids is 1. The molecular weight excluding hydrogens is 1220 g/mol. The second-order valence-electron chi connectivity index (χ2n) is 22.3. The van der Waals surface area contributed by atoms with Crippen molar-refractivity contribution in [1.29, 1.82) is 0 Å². The first kappa shape index (κ1) is 76.1. The third-order valence-corrected chi connectivity index (χ3v) is 16.4. The van der Waals surface area contributed by atoms with Crippen LogP contribution in [0.1, 0.15) is 39.5 Å². The van der Waals surface area contributed by atoms with Gasteiger partial charge in [0.2, 0.25) is 0 Å². The van der Waals surface area contributed by atoms with Crippen molar-refractivity contribution in [2.75, 3.05) is 46.2 Å². The summed E-state index contributed by atoms with van der Waals surface area (Å²) in [6, 6.07) is 0. The Morgan fingerprint density at radius 3 is 0.511 bits per heavy atom. The Morgan fingerprint density at radius 1 is 0.273 bits per heavy atom. The first-order valence-corrected chi connectivity index (χ1v) is 28.6. The first-order chi connectivity index (χ1) is 41.4. The summed E-state index contributed by atoms with van der Waals surface area (Å²) < 4.78 is 79.5. The molecule has 38 heteroatoms. The van der Waals surface area contributed by atoms with Crippen LogP contribution >= 0.6 is 0 Å². The number of ether oxygens (including phenoxy) is 14. The van der Waals surface area contributed by atoms with Crippen LogP contribution in [0.2, 0.25) is 0 Å². The van der Waals surface area contributed by atoms with E-state index >= 15 is 0 Å². The van der Waals surface area contributed by atoms with Gasteiger partial charge >= 0.3 is 5.97 Å². The Labute approximate surface area is 523 Å². The Morgan fingerprint density at radius 2 is 0.409 bits per heavy atom. The summed E-state index contributed by atoms with van der Waals surface area (Å²) in [5.74, 6) is -0.737. The van der Waals surface area contributed by atoms with Crippen molar-refractivity contribution in [3.05, 3.63) is 0 Å². The number of aliphatic hydroxyl groups is 21. The van der Waals surface area contributed by atoms with E-state index in [0.717, 1.165) is 25.7 Å². The molecule has 0 aromatic heterocycles. The zero-order valence-corrected chi connectivity index (χ0v) is 50.0. The number of hydrogen-bond acceptors (Lipinski definition) is 36. The van der Waals surface area contributed by atoms with Crippen molar-refractivity contribution in [3.8, 4) is 0 Å². The summed E-state index contributed by atoms with van der Waals surface area (Å²) in [5.41, 5.74) is 0. The SMILES string of the molecule is CCCC(CCC)C(=O)O.OC[C@H]1O[C@@H]2O[C@H]3[C@H](O)[C@@H](O)[C@@H](O[C@H]4[C@@H](O)[C@H](O)[C@@H](O[C@H]5[C@@H](O)[C@H](O)[C@@H](O[C@H]6[C@@H](O)[C@@H](O)[C@@H](O[C@H]7[C@H](O)[C@@H](O)[C@@H](O[C@H]8[C@H](O)[C@@H](O)[C@@H](O[C@H]1[C@H](O)[C@H]2O)O[C@@H]8CO)O[C@@H]7CO)O[C@@H]6CO)O[C@@H]5CO)O[C@@H]4CO)O[C@@H]3CO.[Na]. The molecule has 21 saturated heterocycles. The van der Waals surface area contributed by atoms with Crippen LogP contribution in [-0.4, -0.2) is 409 Å². The molecule has 0 spiro atoms. The van der Waals surface area contributed by atoms with Gasteiger partial charge in [-0.2, -0.15) is 0 Å². The zero-order valence-electron chi connectivity index (χ0n) is 48.0. The van der Waals surface area contributed by atoms with Crippen molar-refractivity contribution >= 4 is 35.5 Å². The van der Waals surface area contributed by atoms with Gasteiger partial charge in [0.15, 0.2) is 44.0 Å². The molecular formula is C50H86NaO37. The van der Waals surface area contributed by atoms with Gasteiger partial charge in [0.1, 0.15) is 171 Å². The van der Waals surface area contributed by atoms with Crippen LogP contribution in [0, 0.1) is 5.92 Å². The molecule has 0 aromatic carbocycles. The average molecular weight is 1300 g/mol. The maximum atomic E-state index is 11.3. The fourth-order valence-corrected chi connectivity index (χ4v) is 11.5. The summed E-state index contributed by atoms with van der Waals surface area (Å²) in [5, 5.41) is 239. The number of rotatable bonds is 12. The molecule has 0 unspecified atom stereocenters. The van der Waals surface area contributed by atoms with Gasteiger partial charge in [-0.1, -0.05) is 26.7 Å². The molecule has 22 N–H and O–H groups in total. The van der Waals surface area contributed by atoms with E-state index in [9.17, 15) is 112 Å². The number of carbonyl (C=O) groups is 1. The van der Waals surface area contributed by atoms with Gasteiger partial charge in [0.25, 0.3) is 0 Å². The number of carboxylic acids is 1. The predicted molar refractivity (Wildman–Crippen MR) is 275 cm³/mol. The molecule has 0 amide bonds. The van der Waals surface area contributed by atoms with Crippen molar-refractivity contribution < 1.29 is 183 Å². The molecule has 88 heavy (non-hydrogen) atoms. The van der Waals surface area contributed by atoms with Gasteiger partial charge < -0.3 is 179 Å². The minimum absolute atomic E-state index is 0. The van der Waals surface area contributed by atoms with Gasteiger partial charge in [-0.15, -0.1) is 0 Å². The summed E-state index contributed by atoms with van der Waals surface area (Å²) in [6.45, 7) is -3.29. The van der Waals surface area contributed by atoms with Crippen LogP contribution in [0.4, 0.5) is 0 Å². The Bertz CT molecular complexity index is 1690. The van der Waals surface area contributed by atoms with E-state index in [1.165, 1.54) is 0 Å². The van der Waals surface area contributed by atoms with E-state index in [1.54, 1.807) is 0 Å². The fourth-order valence-electron chi connectivity index (χ4n) is 11.5. The van der Waals surface area contributed by atoms with Crippen molar-refractivity contribution in [1.82, 2.24) is 0 Å². The molecule has 21 heterocycles. The minimum Gasteiger partial charge on any atom is -0.481 e. The third-order valence-electron chi connectivity index (χ3n) is 16.4. The predicted octanol–water partition coefficient (Wildman–Crippen LogP) is -13.3. The fraction of sp³-hybridized carbons (Fsp3) is 0.980. The molecule has 21 rings (SSSR count). The second-order valence-corrected chi connectivity index (χ2v) is 22.3. The maximum absolute atomic E-state index is 11.3. The van der Waals surface area contributed by atoms with Gasteiger partial charge in [-0.05, 0) is 12.8 Å². The van der Waals surface area contributed by atoms with Crippen LogP contribution in [0.3, 0.4) is 0 Å². The number of aliphatic hydroxyl groups excluding tert-OH is 21. The molecule has 37 nitrogen and oxygen atoms in total. The second kappa shape index (κ2) is 34.1. The Hall–Kier alpha value is -0.930. The molecule has 21 aliphatic heterocycles. The molecule has 14 bridgehead atoms. The van der Waals surface area contributed by atoms with Crippen molar-refractivity contribution in [3.63, 3.8) is 0 Å². The third kappa shape index (κ3) is 16.5. The van der Waals surface area contributed by atoms with Gasteiger partial charge in [0, 0.05) is 29.6 Å². The van der Waals surface area contributed by atoms with Crippen LogP contribution in [0.25, 0.3) is 0 Å². The average Bonchev–Trinajstić information content (AvgIpc) is 1.48. The van der Waals surface area contributed by atoms with Gasteiger partial charge in [-0.3, -0.25) is 4.79 Å². The molecule has 509 valence electrons. The summed E-state index contributed by atoms with van der Waals surface area (Å²) >= 11 is 0. The van der Waals surface area contributed by atoms with E-state index in [2.05, 4.69) is 0 Å². The van der Waals surface area contributed by atoms with Crippen LogP contribution < -0.4 is 0 Å². The molecule has 0 aliphatic carbocycles. The molecule has 0 aromatic rings. The van der Waals surface area contributed by atoms with Gasteiger partial charge in [-0.25, -0.2) is 0 Å². The largest absolute Gasteiger partial charge is 0.481 e. The van der Waals surface area contributed by atoms with E-state index in [0.29, 0.717) is 0 Å². The summed E-state index contributed by atoms with van der Waals surface area (Å²) in [6.07, 6.45) is -66.7. The summed E-state index contributed by atoms with van der Waals surface area (Å²) in [4.78, 5) is 10.5. The standard InChI is InChI=1S/C42H70O35.C8H16O2.Na/c43-1-8-29-15(50)22(57)36(64-8)72-30-9(2-44)66-38(24(59)17(30)52)74-32-11(4-46)68-40(26(61)19(32)54)76-34-13(6-48)70-42(28(63)21(34)56)77-35-14(7-49)69-41(27(62)20(35)55)75-33-12(5-47)67-39(25(60)18(33)53)73-31-10(3-45)65-37(71-29)23(58)16(31)51;1-3-5-7(6-4-2)8(9)10;/h8-63H,1-7H2;7H,3-6H2,1-2H3,(H,9,10);/t8-,9-,10-,11-,12-,13-,14-,15-,16-,17-,18-,19+,20+,21+,22-,23-,24-,25-,26+,27-,28+,29-,30-,31-,32-,33-,34-,35-,36-,37-,38-,39-,40-,41-,42-;;/m1../s1.